The molecule has 0 fully saturated rings. The largest absolute Gasteiger partial charge is 0.324 e. The SMILES string of the molecule is CN1Cc2c(Br)cccc2N(Cc2cccc(F)c2)C1=O.CN1Cc2c(Br)cccc2NC1=O.Fc1cccc(CBr)c1. The number of nitrogens with one attached hydrogen (secondary N) is 1. The van der Waals surface area contributed by atoms with Gasteiger partial charge in [-0.15, -0.1) is 0 Å². The van der Waals surface area contributed by atoms with E-state index in [0.29, 0.717) is 25.0 Å². The number of halogens is 5. The lowest BCUT2D eigenvalue weighted by Gasteiger charge is -2.35. The minimum absolute atomic E-state index is 0.0504. The summed E-state index contributed by atoms with van der Waals surface area (Å²) < 4.78 is 27.7. The minimum atomic E-state index is -0.292. The Morgan fingerprint density at radius 1 is 0.744 bits per heavy atom. The molecule has 11 heteroatoms. The number of fused-ring (bicyclic) bond motifs is 2. The van der Waals surface area contributed by atoms with E-state index in [1.165, 1.54) is 24.3 Å². The summed E-state index contributed by atoms with van der Waals surface area (Å²) in [5, 5.41) is 3.52. The van der Waals surface area contributed by atoms with Gasteiger partial charge in [-0.25, -0.2) is 18.4 Å². The summed E-state index contributed by atoms with van der Waals surface area (Å²) in [4.78, 5) is 28.7. The fourth-order valence-electron chi connectivity index (χ4n) is 4.52. The highest BCUT2D eigenvalue weighted by molar-refractivity contribution is 9.10. The Morgan fingerprint density at radius 3 is 1.93 bits per heavy atom. The van der Waals surface area contributed by atoms with Crippen LogP contribution in [0.5, 0.6) is 0 Å². The Kier molecular flexibility index (Phi) is 11.3. The highest BCUT2D eigenvalue weighted by Gasteiger charge is 2.29. The zero-order chi connectivity index (χ0) is 31.1. The van der Waals surface area contributed by atoms with Gasteiger partial charge in [-0.2, -0.15) is 0 Å². The molecule has 6 nitrogen and oxygen atoms in total. The molecule has 0 radical (unpaired) electrons. The van der Waals surface area contributed by atoms with E-state index in [4.69, 9.17) is 0 Å². The van der Waals surface area contributed by atoms with E-state index in [2.05, 4.69) is 53.1 Å². The van der Waals surface area contributed by atoms with Crippen LogP contribution in [0.2, 0.25) is 0 Å². The molecule has 0 unspecified atom stereocenters. The molecule has 0 bridgehead atoms. The van der Waals surface area contributed by atoms with Gasteiger partial charge in [-0.05, 0) is 59.7 Å². The first-order valence-electron chi connectivity index (χ1n) is 13.2. The predicted molar refractivity (Wildman–Crippen MR) is 177 cm³/mol. The van der Waals surface area contributed by atoms with Crippen LogP contribution in [0.25, 0.3) is 0 Å². The molecule has 1 N–H and O–H groups in total. The highest BCUT2D eigenvalue weighted by atomic mass is 79.9. The number of carbonyl (C=O) groups excluding carboxylic acids is 2. The van der Waals surface area contributed by atoms with Crippen LogP contribution in [0.1, 0.15) is 22.3 Å². The lowest BCUT2D eigenvalue weighted by atomic mass is 10.1. The lowest BCUT2D eigenvalue weighted by Crippen LogP contribution is -2.44. The summed E-state index contributed by atoms with van der Waals surface area (Å²) in [6.07, 6.45) is 0. The van der Waals surface area contributed by atoms with Gasteiger partial charge in [-0.1, -0.05) is 84.2 Å². The van der Waals surface area contributed by atoms with Crippen molar-refractivity contribution in [1.82, 2.24) is 9.80 Å². The number of amides is 4. The number of hydrogen-bond acceptors (Lipinski definition) is 2. The lowest BCUT2D eigenvalue weighted by molar-refractivity contribution is 0.210. The molecule has 0 saturated carbocycles. The molecule has 0 atom stereocenters. The van der Waals surface area contributed by atoms with E-state index in [1.807, 2.05) is 48.5 Å². The second-order valence-electron chi connectivity index (χ2n) is 9.91. The molecule has 6 rings (SSSR count). The highest BCUT2D eigenvalue weighted by Crippen LogP contribution is 2.34. The standard InChI is InChI=1S/C16H14BrFN2O.C9H9BrN2O.C7H6BrF/c1-19-10-13-14(17)6-3-7-15(13)20(16(19)21)9-11-4-2-5-12(18)8-11;1-12-5-6-7(10)3-2-4-8(6)11-9(12)13;8-5-6-2-1-3-7(9)4-6/h2-8H,9-10H2,1H3;2-4H,5H2,1H3,(H,11,13);1-4H,5H2. The molecular formula is C32H29Br3F2N4O2. The van der Waals surface area contributed by atoms with Crippen molar-refractivity contribution in [3.63, 3.8) is 0 Å². The number of urea groups is 2. The molecule has 0 aromatic heterocycles. The van der Waals surface area contributed by atoms with Gasteiger partial charge in [0.25, 0.3) is 0 Å². The Balaban J connectivity index is 0.000000163. The third kappa shape index (κ3) is 8.43. The van der Waals surface area contributed by atoms with Crippen LogP contribution in [-0.2, 0) is 25.0 Å². The fourth-order valence-corrected chi connectivity index (χ4v) is 5.84. The minimum Gasteiger partial charge on any atom is -0.323 e. The zero-order valence-corrected chi connectivity index (χ0v) is 28.2. The van der Waals surface area contributed by atoms with Crippen LogP contribution in [-0.4, -0.2) is 36.0 Å². The molecule has 224 valence electrons. The number of rotatable bonds is 3. The van der Waals surface area contributed by atoms with Gasteiger partial charge in [0.2, 0.25) is 0 Å². The normalized spacial score (nSPS) is 13.6. The van der Waals surface area contributed by atoms with E-state index in [9.17, 15) is 18.4 Å². The molecule has 0 spiro atoms. The van der Waals surface area contributed by atoms with Gasteiger partial charge < -0.3 is 15.1 Å². The number of alkyl halides is 1. The molecular weight excluding hydrogens is 750 g/mol. The average Bonchev–Trinajstić information content (AvgIpc) is 2.98. The van der Waals surface area contributed by atoms with Crippen molar-refractivity contribution in [2.45, 2.75) is 25.0 Å². The van der Waals surface area contributed by atoms with Crippen molar-refractivity contribution in [1.29, 1.82) is 0 Å². The van der Waals surface area contributed by atoms with Crippen LogP contribution < -0.4 is 10.2 Å². The average molecular weight is 779 g/mol. The Bertz CT molecular complexity index is 1620. The first-order valence-corrected chi connectivity index (χ1v) is 15.9. The van der Waals surface area contributed by atoms with Crippen LogP contribution >= 0.6 is 47.8 Å². The van der Waals surface area contributed by atoms with E-state index >= 15 is 0 Å². The fraction of sp³-hybridized carbons (Fsp3) is 0.188. The molecule has 4 aromatic rings. The smallest absolute Gasteiger partial charge is 0.323 e. The third-order valence-electron chi connectivity index (χ3n) is 6.71. The maximum Gasteiger partial charge on any atom is 0.324 e. The van der Waals surface area contributed by atoms with Gasteiger partial charge in [0.05, 0.1) is 25.3 Å². The van der Waals surface area contributed by atoms with Crippen LogP contribution in [0.3, 0.4) is 0 Å². The van der Waals surface area contributed by atoms with Crippen LogP contribution in [0.4, 0.5) is 29.7 Å². The number of nitrogens with zero attached hydrogens (tertiary/aromatic N) is 3. The first kappa shape index (κ1) is 32.6. The molecule has 4 amide bonds. The van der Waals surface area contributed by atoms with Crippen LogP contribution in [0, 0.1) is 11.6 Å². The molecule has 4 aromatic carbocycles. The summed E-state index contributed by atoms with van der Waals surface area (Å²) in [6, 6.07) is 24.3. The maximum atomic E-state index is 13.3. The van der Waals surface area contributed by atoms with Crippen molar-refractivity contribution in [3.8, 4) is 0 Å². The summed E-state index contributed by atoms with van der Waals surface area (Å²) in [7, 11) is 3.54. The molecule has 0 aliphatic carbocycles. The number of anilines is 2. The van der Waals surface area contributed by atoms with Crippen LogP contribution in [0.15, 0.2) is 93.9 Å². The number of hydrogen-bond donors (Lipinski definition) is 1. The third-order valence-corrected chi connectivity index (χ3v) is 8.85. The van der Waals surface area contributed by atoms with Crippen molar-refractivity contribution < 1.29 is 18.4 Å². The van der Waals surface area contributed by atoms with Crippen molar-refractivity contribution in [2.75, 3.05) is 24.3 Å². The maximum absolute atomic E-state index is 13.3. The molecule has 43 heavy (non-hydrogen) atoms. The number of benzene rings is 4. The van der Waals surface area contributed by atoms with Gasteiger partial charge >= 0.3 is 12.1 Å². The first-order chi connectivity index (χ1) is 20.6. The topological polar surface area (TPSA) is 55.9 Å². The van der Waals surface area contributed by atoms with Crippen molar-refractivity contribution in [3.05, 3.63) is 128 Å². The molecule has 0 saturated heterocycles. The van der Waals surface area contributed by atoms with Crippen molar-refractivity contribution >= 4 is 71.2 Å². The second-order valence-corrected chi connectivity index (χ2v) is 12.2. The van der Waals surface area contributed by atoms with E-state index in [0.717, 1.165) is 42.6 Å². The second kappa shape index (κ2) is 14.9. The Labute approximate surface area is 275 Å². The van der Waals surface area contributed by atoms with Crippen molar-refractivity contribution in [2.24, 2.45) is 0 Å². The Morgan fingerprint density at radius 2 is 1.30 bits per heavy atom. The molecule has 2 heterocycles. The van der Waals surface area contributed by atoms with Gasteiger partial charge in [0.15, 0.2) is 0 Å². The Hall–Kier alpha value is -3.28. The predicted octanol–water partition coefficient (Wildman–Crippen LogP) is 9.31. The monoisotopic (exact) mass is 776 g/mol. The van der Waals surface area contributed by atoms with E-state index < -0.39 is 0 Å². The van der Waals surface area contributed by atoms with Gasteiger partial charge in [0.1, 0.15) is 11.6 Å². The quantitative estimate of drug-likeness (QED) is 0.211. The van der Waals surface area contributed by atoms with E-state index in [1.54, 1.807) is 40.9 Å². The summed E-state index contributed by atoms with van der Waals surface area (Å²) in [5.41, 5.74) is 5.70. The summed E-state index contributed by atoms with van der Waals surface area (Å²) in [6.45, 7) is 1.57. The van der Waals surface area contributed by atoms with Gasteiger partial charge in [0, 0.05) is 45.2 Å². The summed E-state index contributed by atoms with van der Waals surface area (Å²) in [5.74, 6) is -0.466. The molecule has 2 aliphatic heterocycles. The zero-order valence-electron chi connectivity index (χ0n) is 23.5. The van der Waals surface area contributed by atoms with E-state index in [-0.39, 0.29) is 23.7 Å². The molecule has 2 aliphatic rings. The van der Waals surface area contributed by atoms with Gasteiger partial charge in [-0.3, -0.25) is 4.90 Å². The number of carbonyl (C=O) groups is 2. The summed E-state index contributed by atoms with van der Waals surface area (Å²) >= 11 is 10.2.